The van der Waals surface area contributed by atoms with Crippen LogP contribution in [0.4, 0.5) is 16.4 Å². The molecule has 0 aliphatic heterocycles. The van der Waals surface area contributed by atoms with E-state index in [0.717, 1.165) is 0 Å². The first kappa shape index (κ1) is 21.9. The molecule has 0 aliphatic carbocycles. The molecule has 3 heterocycles. The minimum Gasteiger partial charge on any atom is -0.375 e. The standard InChI is InChI=1S/C19H19ClN8O3/c1-5-6-21-17(29)12-8-23-18(24-10(12)2)26-19(30)25-13-9-22-15-7-14(20)27-28(15)16(13)11(3)31-4/h1,7-9,11H,6H2,2-4H3,(H,21,29)(H2,23,24,25,26,30)/t11-/m0/s1. The van der Waals surface area contributed by atoms with Crippen molar-refractivity contribution in [3.63, 3.8) is 0 Å². The van der Waals surface area contributed by atoms with Crippen molar-refractivity contribution in [3.8, 4) is 12.3 Å². The van der Waals surface area contributed by atoms with Crippen LogP contribution < -0.4 is 16.0 Å². The number of aromatic nitrogens is 5. The predicted molar refractivity (Wildman–Crippen MR) is 114 cm³/mol. The number of urea groups is 1. The van der Waals surface area contributed by atoms with Gasteiger partial charge in [0, 0.05) is 19.4 Å². The largest absolute Gasteiger partial charge is 0.375 e. The number of nitrogens with zero attached hydrogens (tertiary/aromatic N) is 5. The summed E-state index contributed by atoms with van der Waals surface area (Å²) in [5.41, 5.74) is 2.05. The molecule has 3 N–H and O–H groups in total. The maximum atomic E-state index is 12.5. The second kappa shape index (κ2) is 9.38. The molecular formula is C19H19ClN8O3. The molecule has 0 aliphatic rings. The van der Waals surface area contributed by atoms with Crippen LogP contribution >= 0.6 is 11.6 Å². The van der Waals surface area contributed by atoms with E-state index in [1.54, 1.807) is 19.9 Å². The third kappa shape index (κ3) is 4.88. The van der Waals surface area contributed by atoms with E-state index < -0.39 is 18.0 Å². The first-order valence-electron chi connectivity index (χ1n) is 9.04. The van der Waals surface area contributed by atoms with E-state index >= 15 is 0 Å². The predicted octanol–water partition coefficient (Wildman–Crippen LogP) is 2.20. The molecule has 0 saturated heterocycles. The van der Waals surface area contributed by atoms with Gasteiger partial charge in [-0.3, -0.25) is 10.1 Å². The van der Waals surface area contributed by atoms with Gasteiger partial charge in [-0.1, -0.05) is 17.5 Å². The third-order valence-electron chi connectivity index (χ3n) is 4.28. The Morgan fingerprint density at radius 1 is 1.32 bits per heavy atom. The van der Waals surface area contributed by atoms with E-state index in [0.29, 0.717) is 22.7 Å². The van der Waals surface area contributed by atoms with Crippen molar-refractivity contribution >= 4 is 40.8 Å². The summed E-state index contributed by atoms with van der Waals surface area (Å²) in [4.78, 5) is 36.9. The lowest BCUT2D eigenvalue weighted by Crippen LogP contribution is -2.26. The maximum Gasteiger partial charge on any atom is 0.326 e. The maximum absolute atomic E-state index is 12.5. The van der Waals surface area contributed by atoms with Gasteiger partial charge in [0.15, 0.2) is 10.8 Å². The van der Waals surface area contributed by atoms with Gasteiger partial charge in [-0.2, -0.15) is 5.10 Å². The second-order valence-electron chi connectivity index (χ2n) is 6.33. The molecule has 12 heteroatoms. The van der Waals surface area contributed by atoms with E-state index in [1.165, 1.54) is 24.0 Å². The van der Waals surface area contributed by atoms with Crippen LogP contribution in [0.3, 0.4) is 0 Å². The van der Waals surface area contributed by atoms with Crippen molar-refractivity contribution in [1.82, 2.24) is 29.9 Å². The third-order valence-corrected chi connectivity index (χ3v) is 4.46. The zero-order valence-electron chi connectivity index (χ0n) is 16.9. The van der Waals surface area contributed by atoms with Gasteiger partial charge in [-0.25, -0.2) is 24.3 Å². The molecule has 3 rings (SSSR count). The number of carbonyl (C=O) groups is 2. The van der Waals surface area contributed by atoms with Gasteiger partial charge in [-0.05, 0) is 13.8 Å². The fourth-order valence-electron chi connectivity index (χ4n) is 2.75. The monoisotopic (exact) mass is 442 g/mol. The van der Waals surface area contributed by atoms with Crippen LogP contribution in [0.5, 0.6) is 0 Å². The molecule has 0 radical (unpaired) electrons. The Labute approximate surface area is 182 Å². The number of hydrogen-bond acceptors (Lipinski definition) is 7. The van der Waals surface area contributed by atoms with Crippen LogP contribution in [0.25, 0.3) is 5.65 Å². The lowest BCUT2D eigenvalue weighted by Gasteiger charge is -2.17. The highest BCUT2D eigenvalue weighted by Gasteiger charge is 2.19. The Kier molecular flexibility index (Phi) is 6.64. The van der Waals surface area contributed by atoms with E-state index in [2.05, 4.69) is 41.9 Å². The van der Waals surface area contributed by atoms with E-state index in [4.69, 9.17) is 22.8 Å². The Bertz CT molecular complexity index is 1190. The molecule has 0 spiro atoms. The lowest BCUT2D eigenvalue weighted by atomic mass is 10.2. The van der Waals surface area contributed by atoms with E-state index in [-0.39, 0.29) is 23.2 Å². The van der Waals surface area contributed by atoms with Gasteiger partial charge in [0.1, 0.15) is 0 Å². The number of anilines is 2. The summed E-state index contributed by atoms with van der Waals surface area (Å²) >= 11 is 5.98. The molecule has 3 aromatic heterocycles. The summed E-state index contributed by atoms with van der Waals surface area (Å²) in [6.45, 7) is 3.50. The van der Waals surface area contributed by atoms with Gasteiger partial charge < -0.3 is 15.4 Å². The summed E-state index contributed by atoms with van der Waals surface area (Å²) < 4.78 is 6.89. The lowest BCUT2D eigenvalue weighted by molar-refractivity contribution is 0.0957. The van der Waals surface area contributed by atoms with Gasteiger partial charge >= 0.3 is 6.03 Å². The first-order valence-corrected chi connectivity index (χ1v) is 9.42. The minimum absolute atomic E-state index is 0.0148. The Morgan fingerprint density at radius 3 is 2.77 bits per heavy atom. The van der Waals surface area contributed by atoms with E-state index in [9.17, 15) is 9.59 Å². The molecular weight excluding hydrogens is 424 g/mol. The van der Waals surface area contributed by atoms with Crippen molar-refractivity contribution in [1.29, 1.82) is 0 Å². The molecule has 3 aromatic rings. The van der Waals surface area contributed by atoms with Crippen LogP contribution in [-0.2, 0) is 4.74 Å². The van der Waals surface area contributed by atoms with E-state index in [1.807, 2.05) is 0 Å². The first-order chi connectivity index (χ1) is 14.8. The number of fused-ring (bicyclic) bond motifs is 1. The SMILES string of the molecule is C#CCNC(=O)c1cnc(NC(=O)Nc2cnc3cc(Cl)nn3c2[C@H](C)OC)nc1C. The summed E-state index contributed by atoms with van der Waals surface area (Å²) in [5.74, 6) is 1.93. The molecule has 0 bridgehead atoms. The summed E-state index contributed by atoms with van der Waals surface area (Å²) in [6.07, 6.45) is 7.49. The smallest absolute Gasteiger partial charge is 0.326 e. The molecule has 0 fully saturated rings. The average Bonchev–Trinajstić information content (AvgIpc) is 3.11. The number of carbonyl (C=O) groups excluding carboxylic acids is 2. The molecule has 0 unspecified atom stereocenters. The molecule has 3 amide bonds. The molecule has 31 heavy (non-hydrogen) atoms. The van der Waals surface area contributed by atoms with Crippen molar-refractivity contribution in [3.05, 3.63) is 40.6 Å². The minimum atomic E-state index is -0.618. The van der Waals surface area contributed by atoms with Crippen molar-refractivity contribution in [2.24, 2.45) is 0 Å². The zero-order valence-corrected chi connectivity index (χ0v) is 17.7. The van der Waals surface area contributed by atoms with Gasteiger partial charge in [0.25, 0.3) is 5.91 Å². The normalized spacial score (nSPS) is 11.6. The summed E-state index contributed by atoms with van der Waals surface area (Å²) in [5, 5.41) is 12.2. The van der Waals surface area contributed by atoms with Crippen LogP contribution in [0.15, 0.2) is 18.5 Å². The Balaban J connectivity index is 1.80. The average molecular weight is 443 g/mol. The number of ether oxygens (including phenoxy) is 1. The van der Waals surface area contributed by atoms with Crippen LogP contribution in [0, 0.1) is 19.3 Å². The van der Waals surface area contributed by atoms with Crippen molar-refractivity contribution in [2.75, 3.05) is 24.3 Å². The van der Waals surface area contributed by atoms with Gasteiger partial charge in [0.05, 0.1) is 41.5 Å². The highest BCUT2D eigenvalue weighted by Crippen LogP contribution is 2.26. The second-order valence-corrected chi connectivity index (χ2v) is 6.72. The Morgan fingerprint density at radius 2 is 2.10 bits per heavy atom. The number of hydrogen-bond donors (Lipinski definition) is 3. The quantitative estimate of drug-likeness (QED) is 0.498. The molecule has 160 valence electrons. The van der Waals surface area contributed by atoms with Gasteiger partial charge in [0.2, 0.25) is 5.95 Å². The fraction of sp³-hybridized carbons (Fsp3) is 0.263. The van der Waals surface area contributed by atoms with Crippen molar-refractivity contribution < 1.29 is 14.3 Å². The number of nitrogens with one attached hydrogen (secondary N) is 3. The topological polar surface area (TPSA) is 135 Å². The van der Waals surface area contributed by atoms with Crippen molar-refractivity contribution in [2.45, 2.75) is 20.0 Å². The number of aryl methyl sites for hydroxylation is 1. The number of methoxy groups -OCH3 is 1. The molecule has 0 aromatic carbocycles. The fourth-order valence-corrected chi connectivity index (χ4v) is 2.93. The van der Waals surface area contributed by atoms with Gasteiger partial charge in [-0.15, -0.1) is 6.42 Å². The number of rotatable bonds is 6. The molecule has 1 atom stereocenters. The number of halogens is 1. The summed E-state index contributed by atoms with van der Waals surface area (Å²) in [7, 11) is 1.53. The highest BCUT2D eigenvalue weighted by molar-refractivity contribution is 6.29. The highest BCUT2D eigenvalue weighted by atomic mass is 35.5. The number of terminal acetylenes is 1. The Hall–Kier alpha value is -3.75. The zero-order chi connectivity index (χ0) is 22.5. The van der Waals surface area contributed by atoms with Crippen LogP contribution in [0.2, 0.25) is 5.15 Å². The van der Waals surface area contributed by atoms with Crippen LogP contribution in [0.1, 0.15) is 34.8 Å². The van der Waals surface area contributed by atoms with Crippen LogP contribution in [-0.4, -0.2) is 50.2 Å². The number of amides is 3. The molecule has 11 nitrogen and oxygen atoms in total. The molecule has 0 saturated carbocycles. The summed E-state index contributed by atoms with van der Waals surface area (Å²) in [6, 6.07) is 0.975.